The van der Waals surface area contributed by atoms with Crippen molar-refractivity contribution in [2.45, 2.75) is 104 Å². The molecule has 0 bridgehead atoms. The van der Waals surface area contributed by atoms with E-state index < -0.39 is 6.03 Å². The van der Waals surface area contributed by atoms with Crippen LogP contribution in [0.25, 0.3) is 0 Å². The largest absolute Gasteiger partial charge is 0.466 e. The summed E-state index contributed by atoms with van der Waals surface area (Å²) in [4.78, 5) is 53.3. The zero-order valence-electron chi connectivity index (χ0n) is 21.7. The molecule has 0 aliphatic rings. The lowest BCUT2D eigenvalue weighted by atomic mass is 10.0. The van der Waals surface area contributed by atoms with Gasteiger partial charge in [-0.25, -0.2) is 9.78 Å². The van der Waals surface area contributed by atoms with Gasteiger partial charge in [0.1, 0.15) is 5.78 Å². The van der Waals surface area contributed by atoms with Crippen molar-refractivity contribution in [1.82, 2.24) is 15.3 Å². The first-order valence-corrected chi connectivity index (χ1v) is 13.1. The predicted octanol–water partition coefficient (Wildman–Crippen LogP) is 5.04. The Labute approximate surface area is 209 Å². The molecule has 0 spiro atoms. The number of unbranched alkanes of at least 4 members (excludes halogenated alkanes) is 7. The number of aromatic nitrogens is 2. The first-order chi connectivity index (χ1) is 16.8. The van der Waals surface area contributed by atoms with E-state index in [1.165, 1.54) is 6.07 Å². The number of aromatic amines is 1. The summed E-state index contributed by atoms with van der Waals surface area (Å²) < 4.78 is 5.20. The van der Waals surface area contributed by atoms with Crippen LogP contribution in [-0.2, 0) is 14.3 Å². The fourth-order valence-electron chi connectivity index (χ4n) is 3.52. The maximum Gasteiger partial charge on any atom is 0.321 e. The summed E-state index contributed by atoms with van der Waals surface area (Å²) in [6.45, 7) is 6.95. The maximum atomic E-state index is 12.0. The van der Waals surface area contributed by atoms with Crippen LogP contribution in [0.4, 0.5) is 10.7 Å². The summed E-state index contributed by atoms with van der Waals surface area (Å²) in [5.41, 5.74) is 0.228. The van der Waals surface area contributed by atoms with Gasteiger partial charge in [-0.05, 0) is 44.9 Å². The van der Waals surface area contributed by atoms with Crippen LogP contribution in [0.2, 0.25) is 0 Å². The van der Waals surface area contributed by atoms with E-state index >= 15 is 0 Å². The number of hydrogen-bond acceptors (Lipinski definition) is 6. The second kappa shape index (κ2) is 18.6. The summed E-state index contributed by atoms with van der Waals surface area (Å²) in [6.07, 6.45) is 11.0. The number of aryl methyl sites for hydroxylation is 1. The number of anilines is 1. The molecule has 198 valence electrons. The van der Waals surface area contributed by atoms with Gasteiger partial charge in [-0.2, -0.15) is 0 Å². The van der Waals surface area contributed by atoms with Gasteiger partial charge in [0.15, 0.2) is 0 Å². The number of ether oxygens (including phenoxy) is 1. The van der Waals surface area contributed by atoms with Crippen molar-refractivity contribution in [3.8, 4) is 0 Å². The Morgan fingerprint density at radius 3 is 2.17 bits per heavy atom. The van der Waals surface area contributed by atoms with Gasteiger partial charge in [-0.15, -0.1) is 0 Å². The number of amides is 2. The molecule has 35 heavy (non-hydrogen) atoms. The number of Topliss-reactive ketones (excluding diaryl/α,β-unsaturated/α-hetero) is 1. The second-order valence-electron chi connectivity index (χ2n) is 9.49. The molecule has 0 saturated carbocycles. The molecule has 3 N–H and O–H groups in total. The number of carbonyl (C=O) groups excluding carboxylic acids is 3. The smallest absolute Gasteiger partial charge is 0.321 e. The minimum Gasteiger partial charge on any atom is -0.466 e. The number of ketones is 1. The molecule has 0 aromatic carbocycles. The molecule has 0 unspecified atom stereocenters. The van der Waals surface area contributed by atoms with E-state index in [1.807, 2.05) is 0 Å². The summed E-state index contributed by atoms with van der Waals surface area (Å²) in [6, 6.07) is 0.959. The van der Waals surface area contributed by atoms with Gasteiger partial charge in [0, 0.05) is 37.6 Å². The lowest BCUT2D eigenvalue weighted by molar-refractivity contribution is -0.144. The zero-order chi connectivity index (χ0) is 25.9. The normalized spacial score (nSPS) is 10.9. The molecule has 0 fully saturated rings. The van der Waals surface area contributed by atoms with E-state index in [4.69, 9.17) is 4.74 Å². The summed E-state index contributed by atoms with van der Waals surface area (Å²) in [7, 11) is 0. The Kier molecular flexibility index (Phi) is 16.1. The van der Waals surface area contributed by atoms with E-state index in [0.717, 1.165) is 64.2 Å². The Hall–Kier alpha value is -2.71. The monoisotopic (exact) mass is 492 g/mol. The third kappa shape index (κ3) is 17.4. The topological polar surface area (TPSA) is 130 Å². The Balaban J connectivity index is 1.90. The van der Waals surface area contributed by atoms with Crippen LogP contribution in [0, 0.1) is 12.8 Å². The molecule has 0 saturated heterocycles. The highest BCUT2D eigenvalue weighted by Gasteiger charge is 2.06. The SMILES string of the molecule is Cc1cc(=O)[nH]c(NC(=O)NCCCCCCCC(=O)CCCCCCC(=O)OCCC(C)C)n1. The van der Waals surface area contributed by atoms with Crippen LogP contribution in [0.15, 0.2) is 10.9 Å². The molecule has 1 rings (SSSR count). The van der Waals surface area contributed by atoms with E-state index in [-0.39, 0.29) is 17.5 Å². The van der Waals surface area contributed by atoms with Crippen LogP contribution in [0.1, 0.15) is 103 Å². The summed E-state index contributed by atoms with van der Waals surface area (Å²) in [5, 5.41) is 5.26. The Bertz CT molecular complexity index is 822. The standard InChI is InChI=1S/C26H44N4O5/c1-20(2)16-18-35-24(33)15-11-7-6-10-14-22(31)13-9-5-4-8-12-17-27-26(34)30-25-28-21(3)19-23(32)29-25/h19-20H,4-18H2,1-3H3,(H3,27,28,29,30,32,34). The van der Waals surface area contributed by atoms with Crippen molar-refractivity contribution in [1.29, 1.82) is 0 Å². The molecular weight excluding hydrogens is 448 g/mol. The van der Waals surface area contributed by atoms with Crippen LogP contribution in [0.3, 0.4) is 0 Å². The molecule has 0 aliphatic heterocycles. The first-order valence-electron chi connectivity index (χ1n) is 13.1. The minimum absolute atomic E-state index is 0.113. The average molecular weight is 493 g/mol. The van der Waals surface area contributed by atoms with Gasteiger partial charge in [-0.3, -0.25) is 24.7 Å². The van der Waals surface area contributed by atoms with Crippen LogP contribution < -0.4 is 16.2 Å². The fraction of sp³-hybridized carbons (Fsp3) is 0.731. The van der Waals surface area contributed by atoms with Crippen molar-refractivity contribution >= 4 is 23.7 Å². The van der Waals surface area contributed by atoms with E-state index in [0.29, 0.717) is 49.8 Å². The number of carbonyl (C=O) groups is 3. The van der Waals surface area contributed by atoms with E-state index in [2.05, 4.69) is 34.4 Å². The molecule has 0 aliphatic carbocycles. The lowest BCUT2D eigenvalue weighted by Gasteiger charge is -2.07. The van der Waals surface area contributed by atoms with Crippen molar-refractivity contribution in [3.63, 3.8) is 0 Å². The van der Waals surface area contributed by atoms with Crippen LogP contribution >= 0.6 is 0 Å². The van der Waals surface area contributed by atoms with E-state index in [1.54, 1.807) is 6.92 Å². The average Bonchev–Trinajstić information content (AvgIpc) is 2.77. The lowest BCUT2D eigenvalue weighted by Crippen LogP contribution is -2.31. The third-order valence-corrected chi connectivity index (χ3v) is 5.56. The Morgan fingerprint density at radius 1 is 0.943 bits per heavy atom. The fourth-order valence-corrected chi connectivity index (χ4v) is 3.52. The summed E-state index contributed by atoms with van der Waals surface area (Å²) in [5.74, 6) is 0.882. The molecule has 1 aromatic rings. The van der Waals surface area contributed by atoms with Crippen molar-refractivity contribution in [3.05, 3.63) is 22.1 Å². The number of hydrogen-bond donors (Lipinski definition) is 3. The number of H-pyrrole nitrogens is 1. The van der Waals surface area contributed by atoms with Crippen molar-refractivity contribution < 1.29 is 19.1 Å². The molecule has 0 radical (unpaired) electrons. The number of urea groups is 1. The van der Waals surface area contributed by atoms with Gasteiger partial charge in [0.05, 0.1) is 6.61 Å². The van der Waals surface area contributed by atoms with Crippen LogP contribution in [-0.4, -0.2) is 40.9 Å². The highest BCUT2D eigenvalue weighted by atomic mass is 16.5. The van der Waals surface area contributed by atoms with Gasteiger partial charge < -0.3 is 10.1 Å². The molecule has 2 amide bonds. The number of esters is 1. The van der Waals surface area contributed by atoms with Gasteiger partial charge in [0.2, 0.25) is 5.95 Å². The van der Waals surface area contributed by atoms with Crippen molar-refractivity contribution in [2.24, 2.45) is 5.92 Å². The number of nitrogens with one attached hydrogen (secondary N) is 3. The number of rotatable bonds is 19. The molecule has 9 nitrogen and oxygen atoms in total. The zero-order valence-corrected chi connectivity index (χ0v) is 21.7. The van der Waals surface area contributed by atoms with Gasteiger partial charge in [-0.1, -0.05) is 46.0 Å². The Morgan fingerprint density at radius 2 is 1.54 bits per heavy atom. The summed E-state index contributed by atoms with van der Waals surface area (Å²) >= 11 is 0. The second-order valence-corrected chi connectivity index (χ2v) is 9.49. The third-order valence-electron chi connectivity index (χ3n) is 5.56. The maximum absolute atomic E-state index is 12.0. The van der Waals surface area contributed by atoms with Crippen LogP contribution in [0.5, 0.6) is 0 Å². The molecular formula is C26H44N4O5. The highest BCUT2D eigenvalue weighted by molar-refractivity contribution is 5.87. The molecule has 9 heteroatoms. The molecule has 0 atom stereocenters. The van der Waals surface area contributed by atoms with Crippen molar-refractivity contribution in [2.75, 3.05) is 18.5 Å². The number of nitrogens with zero attached hydrogens (tertiary/aromatic N) is 1. The first kappa shape index (κ1) is 30.3. The molecule has 1 heterocycles. The quantitative estimate of drug-likeness (QED) is 0.183. The highest BCUT2D eigenvalue weighted by Crippen LogP contribution is 2.11. The molecule has 1 aromatic heterocycles. The van der Waals surface area contributed by atoms with E-state index in [9.17, 15) is 19.2 Å². The van der Waals surface area contributed by atoms with Gasteiger partial charge in [0.25, 0.3) is 5.56 Å². The predicted molar refractivity (Wildman–Crippen MR) is 137 cm³/mol. The van der Waals surface area contributed by atoms with Gasteiger partial charge >= 0.3 is 12.0 Å². The minimum atomic E-state index is -0.397.